The van der Waals surface area contributed by atoms with Crippen molar-refractivity contribution < 1.29 is 4.74 Å². The third-order valence-electron chi connectivity index (χ3n) is 6.08. The number of hydrogen-bond donors (Lipinski definition) is 2. The van der Waals surface area contributed by atoms with Crippen LogP contribution in [0.3, 0.4) is 0 Å². The molecule has 1 aromatic heterocycles. The van der Waals surface area contributed by atoms with E-state index in [0.29, 0.717) is 5.41 Å². The van der Waals surface area contributed by atoms with E-state index >= 15 is 0 Å². The highest BCUT2D eigenvalue weighted by molar-refractivity contribution is 7.11. The predicted octanol–water partition coefficient (Wildman–Crippen LogP) is 2.75. The smallest absolute Gasteiger partial charge is 0.191 e. The molecule has 158 valence electrons. The highest BCUT2D eigenvalue weighted by Gasteiger charge is 2.34. The third kappa shape index (κ3) is 6.16. The molecule has 1 saturated carbocycles. The Bertz CT molecular complexity index is 633. The maximum absolute atomic E-state index is 5.54. The first kappa shape index (κ1) is 21.5. The molecule has 0 unspecified atom stereocenters. The Kier molecular flexibility index (Phi) is 8.11. The summed E-state index contributed by atoms with van der Waals surface area (Å²) in [7, 11) is 1.87. The van der Waals surface area contributed by atoms with Gasteiger partial charge in [-0.3, -0.25) is 9.89 Å². The van der Waals surface area contributed by atoms with Gasteiger partial charge in [-0.25, -0.2) is 4.98 Å². The summed E-state index contributed by atoms with van der Waals surface area (Å²) in [5.74, 6) is 0.922. The number of guanidine groups is 1. The lowest BCUT2D eigenvalue weighted by atomic mass is 9.73. The molecule has 0 bridgehead atoms. The average molecular weight is 408 g/mol. The van der Waals surface area contributed by atoms with E-state index in [1.807, 2.05) is 7.05 Å². The van der Waals surface area contributed by atoms with Crippen LogP contribution in [0, 0.1) is 19.3 Å². The van der Waals surface area contributed by atoms with Crippen LogP contribution < -0.4 is 10.6 Å². The molecule has 7 heteroatoms. The molecule has 1 aromatic rings. The standard InChI is InChI=1S/C21H37N5OS/c1-17-19(28-18(2)25-17)7-10-23-20(22-3)24-15-21(8-5-4-6-9-21)16-26-11-13-27-14-12-26/h4-16H2,1-3H3,(H2,22,23,24). The molecule has 2 aliphatic rings. The third-order valence-corrected chi connectivity index (χ3v) is 7.21. The first-order valence-corrected chi connectivity index (χ1v) is 11.6. The molecule has 6 nitrogen and oxygen atoms in total. The largest absolute Gasteiger partial charge is 0.379 e. The van der Waals surface area contributed by atoms with Crippen LogP contribution in [0.5, 0.6) is 0 Å². The van der Waals surface area contributed by atoms with E-state index in [1.54, 1.807) is 11.3 Å². The van der Waals surface area contributed by atoms with Gasteiger partial charge in [-0.15, -0.1) is 11.3 Å². The van der Waals surface area contributed by atoms with E-state index in [0.717, 1.165) is 56.8 Å². The Hall–Kier alpha value is -1.18. The molecule has 1 aliphatic heterocycles. The Morgan fingerprint density at radius 3 is 2.57 bits per heavy atom. The lowest BCUT2D eigenvalue weighted by Crippen LogP contribution is -2.51. The highest BCUT2D eigenvalue weighted by Crippen LogP contribution is 2.36. The fourth-order valence-electron chi connectivity index (χ4n) is 4.52. The molecular weight excluding hydrogens is 370 g/mol. The van der Waals surface area contributed by atoms with Gasteiger partial charge in [-0.2, -0.15) is 0 Å². The summed E-state index contributed by atoms with van der Waals surface area (Å²) in [4.78, 5) is 13.0. The summed E-state index contributed by atoms with van der Waals surface area (Å²) in [5, 5.41) is 8.29. The molecular formula is C21H37N5OS. The topological polar surface area (TPSA) is 61.8 Å². The second-order valence-electron chi connectivity index (χ2n) is 8.29. The second kappa shape index (κ2) is 10.6. The van der Waals surface area contributed by atoms with Crippen molar-refractivity contribution in [2.75, 3.05) is 53.0 Å². The van der Waals surface area contributed by atoms with E-state index in [1.165, 1.54) is 49.2 Å². The monoisotopic (exact) mass is 407 g/mol. The number of aliphatic imine (C=N–C) groups is 1. The Morgan fingerprint density at radius 1 is 1.18 bits per heavy atom. The number of thiazole rings is 1. The number of rotatable bonds is 7. The number of nitrogens with zero attached hydrogens (tertiary/aromatic N) is 3. The fourth-order valence-corrected chi connectivity index (χ4v) is 5.45. The average Bonchev–Trinajstić information content (AvgIpc) is 3.03. The van der Waals surface area contributed by atoms with Gasteiger partial charge in [0.15, 0.2) is 5.96 Å². The Balaban J connectivity index is 1.49. The molecule has 1 saturated heterocycles. The van der Waals surface area contributed by atoms with Crippen molar-refractivity contribution in [2.45, 2.75) is 52.4 Å². The van der Waals surface area contributed by atoms with Gasteiger partial charge >= 0.3 is 0 Å². The van der Waals surface area contributed by atoms with Crippen molar-refractivity contribution in [1.82, 2.24) is 20.5 Å². The van der Waals surface area contributed by atoms with Crippen LogP contribution in [0.1, 0.15) is 47.7 Å². The van der Waals surface area contributed by atoms with Crippen molar-refractivity contribution >= 4 is 17.3 Å². The Labute approximate surface area is 174 Å². The second-order valence-corrected chi connectivity index (χ2v) is 9.58. The van der Waals surface area contributed by atoms with Gasteiger partial charge in [0.05, 0.1) is 23.9 Å². The van der Waals surface area contributed by atoms with Crippen LogP contribution in [0.25, 0.3) is 0 Å². The lowest BCUT2D eigenvalue weighted by molar-refractivity contribution is 0.00820. The highest BCUT2D eigenvalue weighted by atomic mass is 32.1. The van der Waals surface area contributed by atoms with E-state index < -0.39 is 0 Å². The van der Waals surface area contributed by atoms with Crippen molar-refractivity contribution in [1.29, 1.82) is 0 Å². The minimum atomic E-state index is 0.360. The van der Waals surface area contributed by atoms with Gasteiger partial charge in [0.1, 0.15) is 0 Å². The number of morpholine rings is 1. The van der Waals surface area contributed by atoms with Gasteiger partial charge in [0.25, 0.3) is 0 Å². The first-order chi connectivity index (χ1) is 13.6. The number of ether oxygens (including phenoxy) is 1. The van der Waals surface area contributed by atoms with Crippen LogP contribution in [0.4, 0.5) is 0 Å². The van der Waals surface area contributed by atoms with Crippen molar-refractivity contribution in [2.24, 2.45) is 10.4 Å². The van der Waals surface area contributed by atoms with E-state index in [4.69, 9.17) is 4.74 Å². The minimum absolute atomic E-state index is 0.360. The molecule has 0 amide bonds. The summed E-state index contributed by atoms with van der Waals surface area (Å²) >= 11 is 1.80. The van der Waals surface area contributed by atoms with E-state index in [-0.39, 0.29) is 0 Å². The van der Waals surface area contributed by atoms with Gasteiger partial charge < -0.3 is 15.4 Å². The zero-order chi connectivity index (χ0) is 19.8. The zero-order valence-corrected chi connectivity index (χ0v) is 18.7. The van der Waals surface area contributed by atoms with Crippen LogP contribution in [0.2, 0.25) is 0 Å². The molecule has 2 N–H and O–H groups in total. The van der Waals surface area contributed by atoms with Gasteiger partial charge in [-0.1, -0.05) is 19.3 Å². The predicted molar refractivity (Wildman–Crippen MR) is 117 cm³/mol. The molecule has 28 heavy (non-hydrogen) atoms. The summed E-state index contributed by atoms with van der Waals surface area (Å²) in [6, 6.07) is 0. The summed E-state index contributed by atoms with van der Waals surface area (Å²) in [6.45, 7) is 11.1. The van der Waals surface area contributed by atoms with E-state index in [9.17, 15) is 0 Å². The minimum Gasteiger partial charge on any atom is -0.379 e. The van der Waals surface area contributed by atoms with E-state index in [2.05, 4.69) is 39.4 Å². The normalized spacial score (nSPS) is 20.9. The SMILES string of the molecule is CN=C(NCCc1sc(C)nc1C)NCC1(CN2CCOCC2)CCCCC1. The maximum atomic E-state index is 5.54. The molecule has 0 atom stereocenters. The summed E-state index contributed by atoms with van der Waals surface area (Å²) < 4.78 is 5.54. The summed E-state index contributed by atoms with van der Waals surface area (Å²) in [5.41, 5.74) is 1.53. The van der Waals surface area contributed by atoms with Gasteiger partial charge in [-0.05, 0) is 26.7 Å². The number of aromatic nitrogens is 1. The van der Waals surface area contributed by atoms with Gasteiger partial charge in [0, 0.05) is 56.5 Å². The van der Waals surface area contributed by atoms with Crippen molar-refractivity contribution in [3.05, 3.63) is 15.6 Å². The van der Waals surface area contributed by atoms with Crippen LogP contribution in [0.15, 0.2) is 4.99 Å². The molecule has 2 fully saturated rings. The first-order valence-electron chi connectivity index (χ1n) is 10.8. The van der Waals surface area contributed by atoms with Crippen LogP contribution in [-0.2, 0) is 11.2 Å². The van der Waals surface area contributed by atoms with Crippen LogP contribution >= 0.6 is 11.3 Å². The van der Waals surface area contributed by atoms with Crippen LogP contribution in [-0.4, -0.2) is 68.8 Å². The molecule has 1 aliphatic carbocycles. The summed E-state index contributed by atoms with van der Waals surface area (Å²) in [6.07, 6.45) is 7.70. The van der Waals surface area contributed by atoms with Gasteiger partial charge in [0.2, 0.25) is 0 Å². The quantitative estimate of drug-likeness (QED) is 0.538. The molecule has 0 spiro atoms. The molecule has 0 radical (unpaired) electrons. The lowest BCUT2D eigenvalue weighted by Gasteiger charge is -2.42. The number of hydrogen-bond acceptors (Lipinski definition) is 5. The van der Waals surface area contributed by atoms with Crippen molar-refractivity contribution in [3.63, 3.8) is 0 Å². The number of nitrogens with one attached hydrogen (secondary N) is 2. The fraction of sp³-hybridized carbons (Fsp3) is 0.810. The molecule has 2 heterocycles. The maximum Gasteiger partial charge on any atom is 0.191 e. The van der Waals surface area contributed by atoms with Crippen molar-refractivity contribution in [3.8, 4) is 0 Å². The molecule has 3 rings (SSSR count). The number of aryl methyl sites for hydroxylation is 2. The Morgan fingerprint density at radius 2 is 1.93 bits per heavy atom. The zero-order valence-electron chi connectivity index (χ0n) is 17.9. The molecule has 0 aromatic carbocycles.